The first-order chi connectivity index (χ1) is 12.2. The fourth-order valence-electron chi connectivity index (χ4n) is 3.53. The van der Waals surface area contributed by atoms with E-state index in [1.165, 1.54) is 0 Å². The van der Waals surface area contributed by atoms with E-state index in [1.807, 2.05) is 31.2 Å². The van der Waals surface area contributed by atoms with Crippen molar-refractivity contribution in [2.24, 2.45) is 0 Å². The van der Waals surface area contributed by atoms with Gasteiger partial charge in [0.25, 0.3) is 5.56 Å². The molecule has 1 atom stereocenters. The van der Waals surface area contributed by atoms with E-state index >= 15 is 0 Å². The molecule has 0 bridgehead atoms. The Bertz CT molecular complexity index is 746. The van der Waals surface area contributed by atoms with E-state index in [-0.39, 0.29) is 5.56 Å². The Morgan fingerprint density at radius 2 is 2.12 bits per heavy atom. The molecule has 136 valence electrons. The van der Waals surface area contributed by atoms with Crippen LogP contribution in [0.5, 0.6) is 0 Å². The smallest absolute Gasteiger partial charge is 0.258 e. The van der Waals surface area contributed by atoms with E-state index in [0.29, 0.717) is 18.0 Å². The van der Waals surface area contributed by atoms with Crippen LogP contribution in [0.2, 0.25) is 0 Å². The summed E-state index contributed by atoms with van der Waals surface area (Å²) in [5.41, 5.74) is 0.714. The number of rotatable bonds is 7. The molecule has 0 spiro atoms. The van der Waals surface area contributed by atoms with Gasteiger partial charge in [-0.05, 0) is 25.5 Å². The zero-order chi connectivity index (χ0) is 17.6. The summed E-state index contributed by atoms with van der Waals surface area (Å²) >= 11 is 0. The highest BCUT2D eigenvalue weighted by Gasteiger charge is 2.25. The maximum Gasteiger partial charge on any atom is 0.258 e. The fourth-order valence-corrected chi connectivity index (χ4v) is 3.53. The molecule has 1 saturated heterocycles. The number of ether oxygens (including phenoxy) is 1. The van der Waals surface area contributed by atoms with Gasteiger partial charge in [-0.3, -0.25) is 14.6 Å². The van der Waals surface area contributed by atoms with Gasteiger partial charge in [0.1, 0.15) is 5.82 Å². The average Bonchev–Trinajstić information content (AvgIpc) is 2.63. The molecule has 1 fully saturated rings. The molecule has 1 aliphatic rings. The summed E-state index contributed by atoms with van der Waals surface area (Å²) in [5, 5.41) is 0.651. The van der Waals surface area contributed by atoms with E-state index < -0.39 is 0 Å². The van der Waals surface area contributed by atoms with Crippen molar-refractivity contribution >= 4 is 10.9 Å². The van der Waals surface area contributed by atoms with Crippen molar-refractivity contribution in [1.29, 1.82) is 0 Å². The number of benzene rings is 1. The molecule has 0 amide bonds. The van der Waals surface area contributed by atoms with Gasteiger partial charge >= 0.3 is 0 Å². The summed E-state index contributed by atoms with van der Waals surface area (Å²) in [6.07, 6.45) is 1.12. The number of hydrogen-bond donors (Lipinski definition) is 1. The number of para-hydroxylation sites is 1. The molecule has 2 heterocycles. The standard InChI is InChI=1S/C19H28N4O2/c1-3-15-13-22(9-10-23(15)11-12-25-4-2)14-18-20-17-8-6-5-7-16(17)19(24)21-18/h5-8,15H,3-4,9-14H2,1-2H3,(H,20,21,24). The van der Waals surface area contributed by atoms with Crippen molar-refractivity contribution in [3.05, 3.63) is 40.4 Å². The fraction of sp³-hybridized carbons (Fsp3) is 0.579. The van der Waals surface area contributed by atoms with Gasteiger partial charge in [-0.2, -0.15) is 0 Å². The predicted molar refractivity (Wildman–Crippen MR) is 99.8 cm³/mol. The van der Waals surface area contributed by atoms with E-state index in [2.05, 4.69) is 26.7 Å². The van der Waals surface area contributed by atoms with Gasteiger partial charge in [0.2, 0.25) is 0 Å². The van der Waals surface area contributed by atoms with Crippen molar-refractivity contribution in [1.82, 2.24) is 19.8 Å². The van der Waals surface area contributed by atoms with Gasteiger partial charge in [0, 0.05) is 38.8 Å². The molecule has 0 radical (unpaired) electrons. The molecular weight excluding hydrogens is 316 g/mol. The van der Waals surface area contributed by atoms with Crippen LogP contribution in [-0.4, -0.2) is 65.2 Å². The van der Waals surface area contributed by atoms with Crippen LogP contribution >= 0.6 is 0 Å². The average molecular weight is 344 g/mol. The summed E-state index contributed by atoms with van der Waals surface area (Å²) in [5.74, 6) is 0.751. The summed E-state index contributed by atoms with van der Waals surface area (Å²) in [6, 6.07) is 8.03. The molecule has 1 aromatic carbocycles. The monoisotopic (exact) mass is 344 g/mol. The van der Waals surface area contributed by atoms with E-state index in [1.54, 1.807) is 0 Å². The van der Waals surface area contributed by atoms with Crippen molar-refractivity contribution in [2.75, 3.05) is 39.4 Å². The molecule has 1 N–H and O–H groups in total. The number of piperazine rings is 1. The number of nitrogens with zero attached hydrogens (tertiary/aromatic N) is 3. The van der Waals surface area contributed by atoms with Crippen LogP contribution in [-0.2, 0) is 11.3 Å². The molecule has 1 unspecified atom stereocenters. The van der Waals surface area contributed by atoms with Gasteiger partial charge in [0.15, 0.2) is 0 Å². The van der Waals surface area contributed by atoms with Crippen LogP contribution in [0.15, 0.2) is 29.1 Å². The van der Waals surface area contributed by atoms with E-state index in [4.69, 9.17) is 4.74 Å². The Kier molecular flexibility index (Phi) is 6.18. The van der Waals surface area contributed by atoms with Crippen LogP contribution in [0, 0.1) is 0 Å². The molecule has 6 heteroatoms. The summed E-state index contributed by atoms with van der Waals surface area (Å²) in [4.78, 5) is 24.7. The van der Waals surface area contributed by atoms with Crippen molar-refractivity contribution in [3.8, 4) is 0 Å². The molecule has 0 aliphatic carbocycles. The number of fused-ring (bicyclic) bond motifs is 1. The third-order valence-electron chi connectivity index (χ3n) is 4.92. The minimum absolute atomic E-state index is 0.0528. The third-order valence-corrected chi connectivity index (χ3v) is 4.92. The minimum atomic E-state index is -0.0528. The van der Waals surface area contributed by atoms with Gasteiger partial charge in [-0.25, -0.2) is 4.98 Å². The highest BCUT2D eigenvalue weighted by molar-refractivity contribution is 5.77. The normalized spacial score (nSPS) is 19.5. The lowest BCUT2D eigenvalue weighted by atomic mass is 10.1. The lowest BCUT2D eigenvalue weighted by Crippen LogP contribution is -2.53. The molecule has 0 saturated carbocycles. The van der Waals surface area contributed by atoms with Crippen molar-refractivity contribution in [2.45, 2.75) is 32.9 Å². The second-order valence-electron chi connectivity index (χ2n) is 6.56. The Hall–Kier alpha value is -1.76. The number of hydrogen-bond acceptors (Lipinski definition) is 5. The summed E-state index contributed by atoms with van der Waals surface area (Å²) in [6.45, 7) is 10.5. The summed E-state index contributed by atoms with van der Waals surface area (Å²) < 4.78 is 5.50. The number of nitrogens with one attached hydrogen (secondary N) is 1. The van der Waals surface area contributed by atoms with Crippen molar-refractivity contribution in [3.63, 3.8) is 0 Å². The van der Waals surface area contributed by atoms with Gasteiger partial charge in [-0.15, -0.1) is 0 Å². The predicted octanol–water partition coefficient (Wildman–Crippen LogP) is 1.86. The number of aromatic amines is 1. The lowest BCUT2D eigenvalue weighted by Gasteiger charge is -2.41. The highest BCUT2D eigenvalue weighted by atomic mass is 16.5. The molecule has 1 aliphatic heterocycles. The summed E-state index contributed by atoms with van der Waals surface area (Å²) in [7, 11) is 0. The SMILES string of the molecule is CCOCCN1CCN(Cc2nc3ccccc3c(=O)[nH]2)CC1CC. The maximum absolute atomic E-state index is 12.2. The Morgan fingerprint density at radius 1 is 1.28 bits per heavy atom. The second-order valence-corrected chi connectivity index (χ2v) is 6.56. The first-order valence-electron chi connectivity index (χ1n) is 9.23. The molecule has 2 aromatic rings. The third kappa shape index (κ3) is 4.45. The molecule has 3 rings (SSSR count). The minimum Gasteiger partial charge on any atom is -0.380 e. The van der Waals surface area contributed by atoms with E-state index in [9.17, 15) is 4.79 Å². The Morgan fingerprint density at radius 3 is 2.92 bits per heavy atom. The number of H-pyrrole nitrogens is 1. The Labute approximate surface area is 148 Å². The highest BCUT2D eigenvalue weighted by Crippen LogP contribution is 2.15. The largest absolute Gasteiger partial charge is 0.380 e. The first-order valence-corrected chi connectivity index (χ1v) is 9.23. The second kappa shape index (κ2) is 8.56. The van der Waals surface area contributed by atoms with Crippen LogP contribution in [0.3, 0.4) is 0 Å². The molecular formula is C19H28N4O2. The van der Waals surface area contributed by atoms with Gasteiger partial charge < -0.3 is 9.72 Å². The molecule has 1 aromatic heterocycles. The molecule has 6 nitrogen and oxygen atoms in total. The topological polar surface area (TPSA) is 61.5 Å². The van der Waals surface area contributed by atoms with Crippen LogP contribution in [0.4, 0.5) is 0 Å². The Balaban J connectivity index is 1.65. The van der Waals surface area contributed by atoms with Gasteiger partial charge in [0.05, 0.1) is 24.1 Å². The van der Waals surface area contributed by atoms with Crippen LogP contribution in [0.25, 0.3) is 10.9 Å². The quantitative estimate of drug-likeness (QED) is 0.777. The zero-order valence-corrected chi connectivity index (χ0v) is 15.2. The lowest BCUT2D eigenvalue weighted by molar-refractivity contribution is 0.0377. The number of aromatic nitrogens is 2. The van der Waals surface area contributed by atoms with Crippen molar-refractivity contribution < 1.29 is 4.74 Å². The molecule has 25 heavy (non-hydrogen) atoms. The zero-order valence-electron chi connectivity index (χ0n) is 15.2. The first kappa shape index (κ1) is 18.0. The van der Waals surface area contributed by atoms with Crippen LogP contribution in [0.1, 0.15) is 26.1 Å². The van der Waals surface area contributed by atoms with E-state index in [0.717, 1.165) is 57.2 Å². The van der Waals surface area contributed by atoms with Crippen LogP contribution < -0.4 is 5.56 Å². The maximum atomic E-state index is 12.2. The van der Waals surface area contributed by atoms with Gasteiger partial charge in [-0.1, -0.05) is 19.1 Å².